The van der Waals surface area contributed by atoms with Crippen molar-refractivity contribution in [3.8, 4) is 0 Å². The number of nitro groups is 1. The number of pyridine rings is 1. The number of nitro benzene ring substituents is 1. The van der Waals surface area contributed by atoms with E-state index in [4.69, 9.17) is 0 Å². The third-order valence-corrected chi connectivity index (χ3v) is 6.75. The molecule has 2 aromatic carbocycles. The van der Waals surface area contributed by atoms with Gasteiger partial charge in [-0.15, -0.1) is 0 Å². The van der Waals surface area contributed by atoms with Gasteiger partial charge in [0.2, 0.25) is 0 Å². The second-order valence-electron chi connectivity index (χ2n) is 9.01. The Kier molecular flexibility index (Phi) is 6.04. The lowest BCUT2D eigenvalue weighted by atomic mass is 9.96. The molecule has 3 heterocycles. The van der Waals surface area contributed by atoms with Crippen LogP contribution in [0.4, 0.5) is 5.69 Å². The molecule has 1 unspecified atom stereocenters. The number of ketones is 1. The molecule has 5 rings (SSSR count). The second kappa shape index (κ2) is 9.34. The molecule has 1 N–H and O–H groups in total. The lowest BCUT2D eigenvalue weighted by Gasteiger charge is -2.25. The van der Waals surface area contributed by atoms with Crippen LogP contribution in [0.5, 0.6) is 0 Å². The summed E-state index contributed by atoms with van der Waals surface area (Å²) in [4.78, 5) is 43.3. The van der Waals surface area contributed by atoms with Gasteiger partial charge in [0, 0.05) is 24.9 Å². The fraction of sp³-hybridized carbons (Fsp3) is 0.179. The molecular formula is C28H24N4O5. The van der Waals surface area contributed by atoms with Crippen LogP contribution in [0.25, 0.3) is 11.4 Å². The van der Waals surface area contributed by atoms with Crippen molar-refractivity contribution in [3.05, 3.63) is 117 Å². The number of carbonyl (C=O) groups excluding carboxylic acids is 2. The zero-order chi connectivity index (χ0) is 26.3. The van der Waals surface area contributed by atoms with Gasteiger partial charge in [0.1, 0.15) is 11.3 Å². The van der Waals surface area contributed by atoms with Crippen LogP contribution in [0.2, 0.25) is 0 Å². The van der Waals surface area contributed by atoms with Crippen molar-refractivity contribution in [3.63, 3.8) is 0 Å². The maximum atomic E-state index is 13.3. The van der Waals surface area contributed by atoms with Crippen molar-refractivity contribution < 1.29 is 19.6 Å². The molecule has 1 atom stereocenters. The molecule has 37 heavy (non-hydrogen) atoms. The molecule has 0 spiro atoms. The minimum Gasteiger partial charge on any atom is -0.505 e. The van der Waals surface area contributed by atoms with Gasteiger partial charge in [-0.2, -0.15) is 0 Å². The van der Waals surface area contributed by atoms with Crippen LogP contribution in [-0.4, -0.2) is 42.5 Å². The molecule has 1 saturated heterocycles. The van der Waals surface area contributed by atoms with Crippen molar-refractivity contribution in [1.29, 1.82) is 0 Å². The van der Waals surface area contributed by atoms with Crippen molar-refractivity contribution in [2.45, 2.75) is 26.3 Å². The van der Waals surface area contributed by atoms with Gasteiger partial charge in [0.15, 0.2) is 5.76 Å². The first-order chi connectivity index (χ1) is 17.8. The van der Waals surface area contributed by atoms with Crippen LogP contribution in [-0.2, 0) is 16.0 Å². The van der Waals surface area contributed by atoms with Crippen molar-refractivity contribution in [1.82, 2.24) is 14.3 Å². The number of nitrogens with zero attached hydrogens (tertiary/aromatic N) is 4. The number of hydrogen-bond donors (Lipinski definition) is 1. The summed E-state index contributed by atoms with van der Waals surface area (Å²) in [7, 11) is 0. The van der Waals surface area contributed by atoms with Crippen LogP contribution < -0.4 is 0 Å². The number of aryl methyl sites for hydroxylation is 2. The smallest absolute Gasteiger partial charge is 0.295 e. The van der Waals surface area contributed by atoms with E-state index in [1.807, 2.05) is 60.0 Å². The summed E-state index contributed by atoms with van der Waals surface area (Å²) < 4.78 is 1.82. The lowest BCUT2D eigenvalue weighted by Crippen LogP contribution is -2.31. The van der Waals surface area contributed by atoms with E-state index < -0.39 is 22.7 Å². The first-order valence-corrected chi connectivity index (χ1v) is 11.8. The second-order valence-corrected chi connectivity index (χ2v) is 9.01. The molecule has 9 heteroatoms. The Labute approximate surface area is 212 Å². The third-order valence-electron chi connectivity index (χ3n) is 6.75. The Morgan fingerprint density at radius 1 is 1.03 bits per heavy atom. The maximum Gasteiger partial charge on any atom is 0.295 e. The number of hydrogen-bond acceptors (Lipinski definition) is 6. The van der Waals surface area contributed by atoms with Gasteiger partial charge >= 0.3 is 0 Å². The van der Waals surface area contributed by atoms with Crippen LogP contribution in [0.3, 0.4) is 0 Å². The molecule has 9 nitrogen and oxygen atoms in total. The number of amides is 1. The molecule has 1 fully saturated rings. The summed E-state index contributed by atoms with van der Waals surface area (Å²) >= 11 is 0. The van der Waals surface area contributed by atoms with Crippen LogP contribution in [0.1, 0.15) is 34.1 Å². The van der Waals surface area contributed by atoms with E-state index in [-0.39, 0.29) is 29.3 Å². The number of fused-ring (bicyclic) bond motifs is 1. The number of benzene rings is 2. The third kappa shape index (κ3) is 4.14. The van der Waals surface area contributed by atoms with E-state index in [1.54, 1.807) is 6.92 Å². The fourth-order valence-corrected chi connectivity index (χ4v) is 4.80. The summed E-state index contributed by atoms with van der Waals surface area (Å²) in [5.74, 6) is -1.93. The normalized spacial score (nSPS) is 17.0. The van der Waals surface area contributed by atoms with Crippen LogP contribution in [0.15, 0.2) is 78.5 Å². The summed E-state index contributed by atoms with van der Waals surface area (Å²) in [5, 5.41) is 22.7. The number of aromatic nitrogens is 2. The molecule has 0 saturated carbocycles. The van der Waals surface area contributed by atoms with Crippen molar-refractivity contribution in [2.24, 2.45) is 0 Å². The summed E-state index contributed by atoms with van der Waals surface area (Å²) in [6, 6.07) is 18.1. The summed E-state index contributed by atoms with van der Waals surface area (Å²) in [6.45, 7) is 3.89. The Morgan fingerprint density at radius 2 is 1.73 bits per heavy atom. The number of carbonyl (C=O) groups is 2. The van der Waals surface area contributed by atoms with Gasteiger partial charge in [0.25, 0.3) is 17.4 Å². The van der Waals surface area contributed by atoms with Crippen LogP contribution >= 0.6 is 0 Å². The molecular weight excluding hydrogens is 472 g/mol. The molecule has 0 radical (unpaired) electrons. The van der Waals surface area contributed by atoms with Gasteiger partial charge in [-0.3, -0.25) is 19.7 Å². The predicted molar refractivity (Wildman–Crippen MR) is 137 cm³/mol. The Balaban J connectivity index is 1.65. The molecule has 1 amide bonds. The Hall–Kier alpha value is -4.79. The van der Waals surface area contributed by atoms with E-state index in [9.17, 15) is 24.8 Å². The number of aliphatic hydroxyl groups excluding tert-OH is 1. The van der Waals surface area contributed by atoms with Gasteiger partial charge in [0.05, 0.1) is 22.2 Å². The average molecular weight is 497 g/mol. The monoisotopic (exact) mass is 496 g/mol. The van der Waals surface area contributed by atoms with Crippen LogP contribution in [0, 0.1) is 24.0 Å². The highest BCUT2D eigenvalue weighted by Gasteiger charge is 2.46. The van der Waals surface area contributed by atoms with E-state index in [0.717, 1.165) is 11.1 Å². The molecule has 1 aliphatic rings. The van der Waals surface area contributed by atoms with Gasteiger partial charge < -0.3 is 14.4 Å². The van der Waals surface area contributed by atoms with Gasteiger partial charge in [-0.05, 0) is 55.2 Å². The summed E-state index contributed by atoms with van der Waals surface area (Å²) in [6.07, 6.45) is 2.30. The zero-order valence-electron chi connectivity index (χ0n) is 20.3. The van der Waals surface area contributed by atoms with E-state index >= 15 is 0 Å². The standard InChI is InChI=1S/C28H24N4O5/c1-17-7-6-15-30-18(2)23(29-27(17)30)25(33)22-24(20-10-12-21(13-11-20)32(36)37)31(28(35)26(22)34)16-14-19-8-4-3-5-9-19/h3-13,15,24,33H,14,16H2,1-2H3. The molecule has 186 valence electrons. The highest BCUT2D eigenvalue weighted by Crippen LogP contribution is 2.40. The minimum atomic E-state index is -0.921. The number of imidazole rings is 1. The minimum absolute atomic E-state index is 0.0870. The first kappa shape index (κ1) is 23.9. The topological polar surface area (TPSA) is 118 Å². The van der Waals surface area contributed by atoms with Crippen molar-refractivity contribution in [2.75, 3.05) is 6.54 Å². The SMILES string of the molecule is Cc1cccn2c(C)c(C(O)=C3C(=O)C(=O)N(CCc4ccccc4)C3c3ccc([N+](=O)[O-])cc3)nc12. The Bertz CT molecular complexity index is 1570. The fourth-order valence-electron chi connectivity index (χ4n) is 4.80. The van der Waals surface area contributed by atoms with Crippen molar-refractivity contribution >= 4 is 28.8 Å². The maximum absolute atomic E-state index is 13.3. The number of aliphatic hydroxyl groups is 1. The zero-order valence-corrected chi connectivity index (χ0v) is 20.3. The molecule has 0 aliphatic carbocycles. The van der Waals surface area contributed by atoms with Gasteiger partial charge in [-0.1, -0.05) is 36.4 Å². The number of non-ortho nitro benzene ring substituents is 1. The molecule has 0 bridgehead atoms. The number of rotatable bonds is 6. The van der Waals surface area contributed by atoms with E-state index in [1.165, 1.54) is 29.2 Å². The van der Waals surface area contributed by atoms with E-state index in [0.29, 0.717) is 23.3 Å². The Morgan fingerprint density at radius 3 is 2.38 bits per heavy atom. The number of likely N-dealkylation sites (tertiary alicyclic amines) is 1. The first-order valence-electron chi connectivity index (χ1n) is 11.8. The molecule has 4 aromatic rings. The largest absolute Gasteiger partial charge is 0.505 e. The van der Waals surface area contributed by atoms with Gasteiger partial charge in [-0.25, -0.2) is 4.98 Å². The lowest BCUT2D eigenvalue weighted by molar-refractivity contribution is -0.384. The number of Topliss-reactive ketones (excluding diaryl/α,β-unsaturated/α-hetero) is 1. The quantitative estimate of drug-likeness (QED) is 0.138. The summed E-state index contributed by atoms with van der Waals surface area (Å²) in [5.41, 5.74) is 3.62. The molecule has 1 aliphatic heterocycles. The highest BCUT2D eigenvalue weighted by molar-refractivity contribution is 6.46. The predicted octanol–water partition coefficient (Wildman–Crippen LogP) is 4.52. The van der Waals surface area contributed by atoms with E-state index in [2.05, 4.69) is 4.98 Å². The molecule has 2 aromatic heterocycles. The average Bonchev–Trinajstić information content (AvgIpc) is 3.37. The highest BCUT2D eigenvalue weighted by atomic mass is 16.6.